The van der Waals surface area contributed by atoms with Crippen molar-refractivity contribution in [3.63, 3.8) is 0 Å². The summed E-state index contributed by atoms with van der Waals surface area (Å²) in [5, 5.41) is 3.46. The molecule has 1 N–H and O–H groups in total. The van der Waals surface area contributed by atoms with Crippen LogP contribution >= 0.6 is 0 Å². The topological polar surface area (TPSA) is 45.2 Å². The van der Waals surface area contributed by atoms with Gasteiger partial charge in [-0.3, -0.25) is 9.78 Å². The van der Waals surface area contributed by atoms with Crippen molar-refractivity contribution in [2.45, 2.75) is 25.8 Å². The molecule has 1 atom stereocenters. The Kier molecular flexibility index (Phi) is 3.86. The first-order valence-electron chi connectivity index (χ1n) is 7.31. The zero-order chi connectivity index (χ0) is 14.7. The van der Waals surface area contributed by atoms with Crippen molar-refractivity contribution in [3.05, 3.63) is 54.4 Å². The summed E-state index contributed by atoms with van der Waals surface area (Å²) in [7, 11) is 0. The number of benzene rings is 1. The molecule has 1 aliphatic heterocycles. The molecule has 21 heavy (non-hydrogen) atoms. The molecule has 0 radical (unpaired) electrons. The number of amides is 1. The molecule has 1 aromatic heterocycles. The summed E-state index contributed by atoms with van der Waals surface area (Å²) in [5.41, 5.74) is 3.13. The van der Waals surface area contributed by atoms with Crippen LogP contribution in [0.2, 0.25) is 0 Å². The highest BCUT2D eigenvalue weighted by Gasteiger charge is 2.21. The summed E-state index contributed by atoms with van der Waals surface area (Å²) in [5.74, 6) is 0.215. The van der Waals surface area contributed by atoms with Crippen LogP contribution in [0.25, 0.3) is 0 Å². The lowest BCUT2D eigenvalue weighted by Crippen LogP contribution is -2.23. The molecule has 2 aromatic rings. The summed E-state index contributed by atoms with van der Waals surface area (Å²) in [6.07, 6.45) is 5.24. The van der Waals surface area contributed by atoms with Gasteiger partial charge in [-0.15, -0.1) is 0 Å². The molecule has 3 rings (SSSR count). The number of nitrogens with one attached hydrogen (secondary N) is 1. The van der Waals surface area contributed by atoms with E-state index < -0.39 is 0 Å². The van der Waals surface area contributed by atoms with Crippen molar-refractivity contribution < 1.29 is 4.79 Å². The number of aromatic nitrogens is 1. The molecule has 1 unspecified atom stereocenters. The fraction of sp³-hybridized carbons (Fsp3) is 0.294. The maximum atomic E-state index is 11.8. The summed E-state index contributed by atoms with van der Waals surface area (Å²) in [6.45, 7) is 2.92. The normalized spacial score (nSPS) is 16.0. The van der Waals surface area contributed by atoms with Gasteiger partial charge in [-0.25, -0.2) is 0 Å². The Balaban J connectivity index is 1.76. The largest absolute Gasteiger partial charge is 0.378 e. The van der Waals surface area contributed by atoms with Crippen molar-refractivity contribution in [1.29, 1.82) is 0 Å². The van der Waals surface area contributed by atoms with Crippen molar-refractivity contribution in [2.24, 2.45) is 0 Å². The van der Waals surface area contributed by atoms with Gasteiger partial charge in [0.2, 0.25) is 5.91 Å². The van der Waals surface area contributed by atoms with Crippen LogP contribution in [-0.2, 0) is 4.79 Å². The van der Waals surface area contributed by atoms with Gasteiger partial charge in [-0.1, -0.05) is 12.1 Å². The predicted octanol–water partition coefficient (Wildman–Crippen LogP) is 3.38. The van der Waals surface area contributed by atoms with Crippen LogP contribution in [0.15, 0.2) is 48.8 Å². The first-order valence-corrected chi connectivity index (χ1v) is 7.31. The molecule has 4 heteroatoms. The van der Waals surface area contributed by atoms with E-state index in [1.165, 1.54) is 0 Å². The smallest absolute Gasteiger partial charge is 0.227 e. The maximum Gasteiger partial charge on any atom is 0.227 e. The standard InChI is InChI=1S/C17H19N3O/c1-13(14-5-3-9-18-12-14)19-15-6-2-7-16(11-15)20-10-4-8-17(20)21/h2-3,5-7,9,11-13,19H,4,8,10H2,1H3. The minimum absolute atomic E-state index is 0.170. The molecular formula is C17H19N3O. The highest BCUT2D eigenvalue weighted by atomic mass is 16.2. The Morgan fingerprint density at radius 2 is 2.19 bits per heavy atom. The zero-order valence-corrected chi connectivity index (χ0v) is 12.1. The van der Waals surface area contributed by atoms with Crippen LogP contribution < -0.4 is 10.2 Å². The fourth-order valence-corrected chi connectivity index (χ4v) is 2.65. The summed E-state index contributed by atoms with van der Waals surface area (Å²) in [4.78, 5) is 17.8. The monoisotopic (exact) mass is 281 g/mol. The molecule has 1 aliphatic rings. The third-order valence-electron chi connectivity index (χ3n) is 3.80. The zero-order valence-electron chi connectivity index (χ0n) is 12.1. The average molecular weight is 281 g/mol. The van der Waals surface area contributed by atoms with Gasteiger partial charge >= 0.3 is 0 Å². The average Bonchev–Trinajstić information content (AvgIpc) is 2.94. The summed E-state index contributed by atoms with van der Waals surface area (Å²) in [6, 6.07) is 12.2. The second kappa shape index (κ2) is 5.95. The Morgan fingerprint density at radius 3 is 2.90 bits per heavy atom. The molecule has 1 amide bonds. The minimum Gasteiger partial charge on any atom is -0.378 e. The van der Waals surface area contributed by atoms with Gasteiger partial charge in [0.1, 0.15) is 0 Å². The number of hydrogen-bond donors (Lipinski definition) is 1. The Labute approximate surface area is 124 Å². The van der Waals surface area contributed by atoms with E-state index in [9.17, 15) is 4.79 Å². The van der Waals surface area contributed by atoms with Gasteiger partial charge in [0, 0.05) is 36.7 Å². The number of anilines is 2. The highest BCUT2D eigenvalue weighted by molar-refractivity contribution is 5.95. The van der Waals surface area contributed by atoms with Gasteiger partial charge in [0.15, 0.2) is 0 Å². The second-order valence-electron chi connectivity index (χ2n) is 5.35. The van der Waals surface area contributed by atoms with Crippen molar-refractivity contribution in [1.82, 2.24) is 4.98 Å². The SMILES string of the molecule is CC(Nc1cccc(N2CCCC2=O)c1)c1cccnc1. The molecule has 1 fully saturated rings. The maximum absolute atomic E-state index is 11.8. The minimum atomic E-state index is 0.170. The molecule has 4 nitrogen and oxygen atoms in total. The number of carbonyl (C=O) groups excluding carboxylic acids is 1. The molecule has 1 aromatic carbocycles. The van der Waals surface area contributed by atoms with Crippen LogP contribution in [0.5, 0.6) is 0 Å². The summed E-state index contributed by atoms with van der Waals surface area (Å²) >= 11 is 0. The van der Waals surface area contributed by atoms with Gasteiger partial charge in [-0.05, 0) is 43.2 Å². The number of pyridine rings is 1. The molecule has 1 saturated heterocycles. The molecule has 0 saturated carbocycles. The van der Waals surface area contributed by atoms with E-state index in [-0.39, 0.29) is 11.9 Å². The first kappa shape index (κ1) is 13.6. The van der Waals surface area contributed by atoms with E-state index in [0.29, 0.717) is 6.42 Å². The van der Waals surface area contributed by atoms with E-state index in [1.807, 2.05) is 41.4 Å². The van der Waals surface area contributed by atoms with Crippen LogP contribution in [-0.4, -0.2) is 17.4 Å². The number of hydrogen-bond acceptors (Lipinski definition) is 3. The van der Waals surface area contributed by atoms with E-state index in [2.05, 4.69) is 23.3 Å². The molecule has 0 bridgehead atoms. The quantitative estimate of drug-likeness (QED) is 0.934. The summed E-state index contributed by atoms with van der Waals surface area (Å²) < 4.78 is 0. The molecule has 0 aliphatic carbocycles. The lowest BCUT2D eigenvalue weighted by molar-refractivity contribution is -0.117. The fourth-order valence-electron chi connectivity index (χ4n) is 2.65. The van der Waals surface area contributed by atoms with Crippen LogP contribution in [0.3, 0.4) is 0 Å². The lowest BCUT2D eigenvalue weighted by atomic mass is 10.1. The first-order chi connectivity index (χ1) is 10.2. The van der Waals surface area contributed by atoms with E-state index >= 15 is 0 Å². The van der Waals surface area contributed by atoms with Gasteiger partial charge in [0.25, 0.3) is 0 Å². The highest BCUT2D eigenvalue weighted by Crippen LogP contribution is 2.26. The van der Waals surface area contributed by atoms with Crippen LogP contribution in [0.4, 0.5) is 11.4 Å². The molecular weight excluding hydrogens is 262 g/mol. The predicted molar refractivity (Wildman–Crippen MR) is 84.3 cm³/mol. The molecule has 108 valence electrons. The third-order valence-corrected chi connectivity index (χ3v) is 3.80. The Bertz CT molecular complexity index is 627. The third kappa shape index (κ3) is 3.05. The molecule has 2 heterocycles. The second-order valence-corrected chi connectivity index (χ2v) is 5.35. The Morgan fingerprint density at radius 1 is 1.29 bits per heavy atom. The van der Waals surface area contributed by atoms with E-state index in [4.69, 9.17) is 0 Å². The Hall–Kier alpha value is -2.36. The van der Waals surface area contributed by atoms with Crippen LogP contribution in [0, 0.1) is 0 Å². The van der Waals surface area contributed by atoms with Gasteiger partial charge in [-0.2, -0.15) is 0 Å². The lowest BCUT2D eigenvalue weighted by Gasteiger charge is -2.19. The van der Waals surface area contributed by atoms with E-state index in [1.54, 1.807) is 6.20 Å². The van der Waals surface area contributed by atoms with Crippen molar-refractivity contribution in [3.8, 4) is 0 Å². The van der Waals surface area contributed by atoms with Gasteiger partial charge < -0.3 is 10.2 Å². The number of nitrogens with zero attached hydrogens (tertiary/aromatic N) is 2. The van der Waals surface area contributed by atoms with E-state index in [0.717, 1.165) is 29.9 Å². The van der Waals surface area contributed by atoms with Crippen molar-refractivity contribution >= 4 is 17.3 Å². The van der Waals surface area contributed by atoms with Gasteiger partial charge in [0.05, 0.1) is 6.04 Å². The number of rotatable bonds is 4. The van der Waals surface area contributed by atoms with Crippen LogP contribution in [0.1, 0.15) is 31.4 Å². The van der Waals surface area contributed by atoms with Crippen molar-refractivity contribution in [2.75, 3.05) is 16.8 Å². The molecule has 0 spiro atoms. The number of carbonyl (C=O) groups is 1.